The first-order valence-electron chi connectivity index (χ1n) is 6.74. The highest BCUT2D eigenvalue weighted by Gasteiger charge is 2.35. The minimum atomic E-state index is -4.32. The highest BCUT2D eigenvalue weighted by atomic mass is 19.4. The van der Waals surface area contributed by atoms with Crippen LogP contribution in [0.2, 0.25) is 0 Å². The molecule has 1 N–H and O–H groups in total. The molecule has 2 unspecified atom stereocenters. The monoisotopic (exact) mass is 285 g/mol. The minimum absolute atomic E-state index is 0.0132. The summed E-state index contributed by atoms with van der Waals surface area (Å²) >= 11 is 0. The van der Waals surface area contributed by atoms with Crippen molar-refractivity contribution >= 4 is 5.91 Å². The molecule has 20 heavy (non-hydrogen) atoms. The van der Waals surface area contributed by atoms with Crippen molar-refractivity contribution in [2.75, 3.05) is 0 Å². The van der Waals surface area contributed by atoms with Gasteiger partial charge in [-0.25, -0.2) is 0 Å². The molecular weight excluding hydrogens is 267 g/mol. The maximum absolute atomic E-state index is 12.5. The van der Waals surface area contributed by atoms with Gasteiger partial charge in [0, 0.05) is 18.4 Å². The number of carbonyl (C=O) groups is 1. The van der Waals surface area contributed by atoms with E-state index in [-0.39, 0.29) is 17.9 Å². The molecule has 0 radical (unpaired) electrons. The molecule has 0 aliphatic carbocycles. The average molecular weight is 285 g/mol. The lowest BCUT2D eigenvalue weighted by atomic mass is 9.87. The third-order valence-corrected chi connectivity index (χ3v) is 3.63. The van der Waals surface area contributed by atoms with E-state index in [9.17, 15) is 18.0 Å². The van der Waals surface area contributed by atoms with Crippen molar-refractivity contribution in [3.05, 3.63) is 35.4 Å². The maximum Gasteiger partial charge on any atom is 0.416 e. The van der Waals surface area contributed by atoms with Gasteiger partial charge in [0.2, 0.25) is 5.91 Å². The van der Waals surface area contributed by atoms with Crippen molar-refractivity contribution in [2.45, 2.75) is 44.8 Å². The van der Waals surface area contributed by atoms with Crippen molar-refractivity contribution in [2.24, 2.45) is 5.92 Å². The normalized spacial score (nSPS) is 23.2. The molecule has 1 aliphatic heterocycles. The number of hydrogen-bond donors (Lipinski definition) is 1. The molecule has 0 aromatic heterocycles. The highest BCUT2D eigenvalue weighted by Crippen LogP contribution is 2.34. The molecule has 1 aliphatic rings. The van der Waals surface area contributed by atoms with Gasteiger partial charge in [-0.1, -0.05) is 26.0 Å². The molecule has 2 atom stereocenters. The number of rotatable bonds is 3. The van der Waals surface area contributed by atoms with Gasteiger partial charge in [0.1, 0.15) is 0 Å². The number of amides is 1. The summed E-state index contributed by atoms with van der Waals surface area (Å²) in [6.07, 6.45) is -3.14. The van der Waals surface area contributed by atoms with Gasteiger partial charge in [-0.05, 0) is 30.0 Å². The molecule has 110 valence electrons. The van der Waals surface area contributed by atoms with Crippen LogP contribution in [-0.2, 0) is 11.0 Å². The Morgan fingerprint density at radius 3 is 2.35 bits per heavy atom. The Balaban J connectivity index is 2.19. The zero-order valence-corrected chi connectivity index (χ0v) is 11.5. The molecule has 0 spiro atoms. The number of hydrogen-bond acceptors (Lipinski definition) is 1. The molecule has 0 saturated carbocycles. The molecule has 1 aromatic rings. The fourth-order valence-electron chi connectivity index (χ4n) is 2.71. The molecule has 1 amide bonds. The molecule has 1 fully saturated rings. The van der Waals surface area contributed by atoms with Gasteiger partial charge in [0.05, 0.1) is 5.56 Å². The van der Waals surface area contributed by atoms with Gasteiger partial charge in [-0.2, -0.15) is 13.2 Å². The molecule has 2 nitrogen and oxygen atoms in total. The van der Waals surface area contributed by atoms with Gasteiger partial charge < -0.3 is 5.32 Å². The average Bonchev–Trinajstić information content (AvgIpc) is 2.68. The Bertz CT molecular complexity index is 479. The number of benzene rings is 1. The van der Waals surface area contributed by atoms with Crippen LogP contribution in [0.3, 0.4) is 0 Å². The zero-order chi connectivity index (χ0) is 14.9. The van der Waals surface area contributed by atoms with Crippen molar-refractivity contribution in [3.63, 3.8) is 0 Å². The van der Waals surface area contributed by atoms with Crippen molar-refractivity contribution in [3.8, 4) is 0 Å². The number of alkyl halides is 3. The van der Waals surface area contributed by atoms with Crippen molar-refractivity contribution in [1.29, 1.82) is 0 Å². The Morgan fingerprint density at radius 1 is 1.25 bits per heavy atom. The summed E-state index contributed by atoms with van der Waals surface area (Å²) < 4.78 is 37.6. The second-order valence-electron chi connectivity index (χ2n) is 5.73. The van der Waals surface area contributed by atoms with E-state index in [0.29, 0.717) is 12.3 Å². The summed E-state index contributed by atoms with van der Waals surface area (Å²) in [5.41, 5.74) is 0.140. The number of nitrogens with one attached hydrogen (secondary N) is 1. The Morgan fingerprint density at radius 2 is 1.85 bits per heavy atom. The summed E-state index contributed by atoms with van der Waals surface area (Å²) in [4.78, 5) is 11.6. The highest BCUT2D eigenvalue weighted by molar-refractivity contribution is 5.80. The van der Waals surface area contributed by atoms with Crippen LogP contribution in [0.4, 0.5) is 13.2 Å². The lowest BCUT2D eigenvalue weighted by Gasteiger charge is -2.21. The van der Waals surface area contributed by atoms with Crippen LogP contribution in [0.25, 0.3) is 0 Å². The van der Waals surface area contributed by atoms with E-state index in [2.05, 4.69) is 19.2 Å². The molecule has 2 rings (SSSR count). The lowest BCUT2D eigenvalue weighted by Crippen LogP contribution is -2.29. The fourth-order valence-corrected chi connectivity index (χ4v) is 2.71. The SMILES string of the molecule is CC(C)CC1NC(=O)CC1c1ccc(C(F)(F)F)cc1. The van der Waals surface area contributed by atoms with Crippen LogP contribution in [0.15, 0.2) is 24.3 Å². The molecule has 5 heteroatoms. The van der Waals surface area contributed by atoms with Gasteiger partial charge in [-0.15, -0.1) is 0 Å². The quantitative estimate of drug-likeness (QED) is 0.901. The Hall–Kier alpha value is -1.52. The molecule has 1 aromatic carbocycles. The van der Waals surface area contributed by atoms with Crippen LogP contribution in [0.1, 0.15) is 43.7 Å². The van der Waals surface area contributed by atoms with E-state index in [1.807, 2.05) is 0 Å². The predicted molar refractivity (Wildman–Crippen MR) is 70.2 cm³/mol. The summed E-state index contributed by atoms with van der Waals surface area (Å²) in [5, 5.41) is 2.92. The first kappa shape index (κ1) is 14.9. The second-order valence-corrected chi connectivity index (χ2v) is 5.73. The Labute approximate surface area is 116 Å². The summed E-state index contributed by atoms with van der Waals surface area (Å²) in [7, 11) is 0. The lowest BCUT2D eigenvalue weighted by molar-refractivity contribution is -0.137. The van der Waals surface area contributed by atoms with E-state index in [0.717, 1.165) is 24.1 Å². The van der Waals surface area contributed by atoms with Crippen LogP contribution in [0.5, 0.6) is 0 Å². The summed E-state index contributed by atoms with van der Waals surface area (Å²) in [6, 6.07) is 5.16. The van der Waals surface area contributed by atoms with Gasteiger partial charge >= 0.3 is 6.18 Å². The van der Waals surface area contributed by atoms with Crippen LogP contribution < -0.4 is 5.32 Å². The van der Waals surface area contributed by atoms with Gasteiger partial charge in [-0.3, -0.25) is 4.79 Å². The summed E-state index contributed by atoms with van der Waals surface area (Å²) in [5.74, 6) is 0.364. The first-order chi connectivity index (χ1) is 9.27. The molecule has 1 saturated heterocycles. The van der Waals surface area contributed by atoms with E-state index >= 15 is 0 Å². The molecule has 0 bridgehead atoms. The third-order valence-electron chi connectivity index (χ3n) is 3.63. The van der Waals surface area contributed by atoms with E-state index in [1.165, 1.54) is 12.1 Å². The number of carbonyl (C=O) groups excluding carboxylic acids is 1. The van der Waals surface area contributed by atoms with Crippen molar-refractivity contribution < 1.29 is 18.0 Å². The smallest absolute Gasteiger partial charge is 0.353 e. The van der Waals surface area contributed by atoms with Crippen LogP contribution in [0, 0.1) is 5.92 Å². The maximum atomic E-state index is 12.5. The second kappa shape index (κ2) is 5.46. The van der Waals surface area contributed by atoms with Gasteiger partial charge in [0.25, 0.3) is 0 Å². The third kappa shape index (κ3) is 3.32. The fraction of sp³-hybridized carbons (Fsp3) is 0.533. The predicted octanol–water partition coefficient (Wildman–Crippen LogP) is 3.72. The van der Waals surface area contributed by atoms with Crippen LogP contribution >= 0.6 is 0 Å². The standard InChI is InChI=1S/C15H18F3NO/c1-9(2)7-13-12(8-14(20)19-13)10-3-5-11(6-4-10)15(16,17)18/h3-6,9,12-13H,7-8H2,1-2H3,(H,19,20). The topological polar surface area (TPSA) is 29.1 Å². The molecule has 1 heterocycles. The number of halogens is 3. The zero-order valence-electron chi connectivity index (χ0n) is 11.5. The van der Waals surface area contributed by atoms with E-state index in [4.69, 9.17) is 0 Å². The minimum Gasteiger partial charge on any atom is -0.353 e. The first-order valence-corrected chi connectivity index (χ1v) is 6.74. The van der Waals surface area contributed by atoms with E-state index < -0.39 is 11.7 Å². The van der Waals surface area contributed by atoms with Crippen LogP contribution in [-0.4, -0.2) is 11.9 Å². The summed E-state index contributed by atoms with van der Waals surface area (Å²) in [6.45, 7) is 4.13. The van der Waals surface area contributed by atoms with E-state index in [1.54, 1.807) is 0 Å². The Kier molecular flexibility index (Phi) is 4.06. The van der Waals surface area contributed by atoms with Crippen molar-refractivity contribution in [1.82, 2.24) is 5.32 Å². The molecular formula is C15H18F3NO. The largest absolute Gasteiger partial charge is 0.416 e. The van der Waals surface area contributed by atoms with Gasteiger partial charge in [0.15, 0.2) is 0 Å².